The number of cyclic esters (lactones) is 1. The van der Waals surface area contributed by atoms with Crippen molar-refractivity contribution in [2.24, 2.45) is 0 Å². The largest absolute Gasteiger partial charge is 0.442 e. The van der Waals surface area contributed by atoms with Crippen LogP contribution in [0.1, 0.15) is 0 Å². The summed E-state index contributed by atoms with van der Waals surface area (Å²) in [5.74, 6) is -0.498. The molecule has 6 nitrogen and oxygen atoms in total. The van der Waals surface area contributed by atoms with Gasteiger partial charge in [0.05, 0.1) is 37.7 Å². The van der Waals surface area contributed by atoms with Crippen molar-refractivity contribution in [2.45, 2.75) is 12.3 Å². The Morgan fingerprint density at radius 3 is 2.63 bits per heavy atom. The molecule has 2 saturated heterocycles. The van der Waals surface area contributed by atoms with E-state index in [4.69, 9.17) is 9.47 Å². The first-order valence-electron chi connectivity index (χ1n) is 8.21. The standard InChI is InChI=1S/C16H17F4N3O3S/c17-12-7-10(1-2-13(12)22-3-5-25-6-4-22)23-9-11(26-15(23)24)8-21-14(27)16(18,19)20/h1-2,7,11H,3-6,8-9H2,(H,21,27)/t11-/m0/s1. The minimum atomic E-state index is -4.64. The lowest BCUT2D eigenvalue weighted by Gasteiger charge is -2.29. The van der Waals surface area contributed by atoms with Gasteiger partial charge in [0.2, 0.25) is 0 Å². The van der Waals surface area contributed by atoms with Crippen LogP contribution in [0.15, 0.2) is 18.2 Å². The smallest absolute Gasteiger partial charge is 0.441 e. The highest BCUT2D eigenvalue weighted by atomic mass is 32.1. The normalized spacial score (nSPS) is 20.6. The van der Waals surface area contributed by atoms with Crippen LogP contribution in [0.4, 0.5) is 33.7 Å². The van der Waals surface area contributed by atoms with Crippen molar-refractivity contribution in [2.75, 3.05) is 49.2 Å². The van der Waals surface area contributed by atoms with Crippen LogP contribution in [0.25, 0.3) is 0 Å². The number of hydrogen-bond acceptors (Lipinski definition) is 5. The first-order chi connectivity index (χ1) is 12.8. The molecule has 11 heteroatoms. The molecule has 2 aliphatic rings. The van der Waals surface area contributed by atoms with E-state index in [1.807, 2.05) is 10.2 Å². The van der Waals surface area contributed by atoms with Crippen LogP contribution in [0.5, 0.6) is 0 Å². The van der Waals surface area contributed by atoms with Gasteiger partial charge in [0, 0.05) is 13.1 Å². The zero-order valence-electron chi connectivity index (χ0n) is 14.1. The molecule has 0 aromatic heterocycles. The van der Waals surface area contributed by atoms with Gasteiger partial charge in [-0.05, 0) is 18.2 Å². The number of carbonyl (C=O) groups is 1. The van der Waals surface area contributed by atoms with Crippen molar-refractivity contribution in [3.8, 4) is 0 Å². The van der Waals surface area contributed by atoms with E-state index in [-0.39, 0.29) is 18.8 Å². The Hall–Kier alpha value is -2.14. The lowest BCUT2D eigenvalue weighted by atomic mass is 10.2. The molecule has 0 aliphatic carbocycles. The van der Waals surface area contributed by atoms with E-state index in [0.717, 1.165) is 0 Å². The number of amides is 1. The van der Waals surface area contributed by atoms with Gasteiger partial charge in [-0.3, -0.25) is 4.90 Å². The zero-order valence-corrected chi connectivity index (χ0v) is 14.9. The molecule has 1 amide bonds. The van der Waals surface area contributed by atoms with Crippen LogP contribution < -0.4 is 15.1 Å². The molecule has 1 N–H and O–H groups in total. The van der Waals surface area contributed by atoms with Crippen LogP contribution in [-0.2, 0) is 9.47 Å². The van der Waals surface area contributed by atoms with Gasteiger partial charge in [0.1, 0.15) is 11.9 Å². The van der Waals surface area contributed by atoms with Crippen molar-refractivity contribution in [3.63, 3.8) is 0 Å². The summed E-state index contributed by atoms with van der Waals surface area (Å²) in [6, 6.07) is 4.35. The number of nitrogens with zero attached hydrogens (tertiary/aromatic N) is 2. The molecule has 2 fully saturated rings. The van der Waals surface area contributed by atoms with Gasteiger partial charge < -0.3 is 19.7 Å². The summed E-state index contributed by atoms with van der Waals surface area (Å²) in [6.07, 6.45) is -6.23. The van der Waals surface area contributed by atoms with Gasteiger partial charge in [-0.15, -0.1) is 0 Å². The maximum atomic E-state index is 14.5. The molecular weight excluding hydrogens is 390 g/mol. The second kappa shape index (κ2) is 7.85. The third-order valence-electron chi connectivity index (χ3n) is 4.22. The monoisotopic (exact) mass is 407 g/mol. The second-order valence-corrected chi connectivity index (χ2v) is 6.47. The highest BCUT2D eigenvalue weighted by Crippen LogP contribution is 2.28. The summed E-state index contributed by atoms with van der Waals surface area (Å²) in [5.41, 5.74) is 0.679. The highest BCUT2D eigenvalue weighted by Gasteiger charge is 2.37. The first kappa shape index (κ1) is 19.6. The number of nitrogens with one attached hydrogen (secondary N) is 1. The minimum absolute atomic E-state index is 0.0113. The molecule has 0 spiro atoms. The number of rotatable bonds is 4. The van der Waals surface area contributed by atoms with Gasteiger partial charge in [0.25, 0.3) is 0 Å². The van der Waals surface area contributed by atoms with Crippen LogP contribution in [0.2, 0.25) is 0 Å². The van der Waals surface area contributed by atoms with E-state index in [1.165, 1.54) is 11.0 Å². The summed E-state index contributed by atoms with van der Waals surface area (Å²) in [7, 11) is 0. The summed E-state index contributed by atoms with van der Waals surface area (Å²) >= 11 is 4.22. The quantitative estimate of drug-likeness (QED) is 0.612. The maximum absolute atomic E-state index is 14.5. The molecule has 0 unspecified atom stereocenters. The Bertz CT molecular complexity index is 725. The highest BCUT2D eigenvalue weighted by molar-refractivity contribution is 7.80. The molecule has 1 aromatic carbocycles. The number of alkyl halides is 3. The SMILES string of the molecule is O=C1O[C@@H](CNC(=S)C(F)(F)F)CN1c1ccc(N2CCOCC2)c(F)c1. The van der Waals surface area contributed by atoms with Gasteiger partial charge >= 0.3 is 12.3 Å². The van der Waals surface area contributed by atoms with E-state index < -0.39 is 29.2 Å². The van der Waals surface area contributed by atoms with Crippen LogP contribution >= 0.6 is 12.2 Å². The molecule has 3 rings (SSSR count). The Morgan fingerprint density at radius 2 is 2.00 bits per heavy atom. The number of morpholine rings is 1. The Labute approximate surface area is 158 Å². The fraction of sp³-hybridized carbons (Fsp3) is 0.500. The summed E-state index contributed by atoms with van der Waals surface area (Å²) in [6.45, 7) is 1.85. The zero-order chi connectivity index (χ0) is 19.6. The average Bonchev–Trinajstić information content (AvgIpc) is 3.00. The number of hydrogen-bond donors (Lipinski definition) is 1. The van der Waals surface area contributed by atoms with E-state index >= 15 is 0 Å². The number of carbonyl (C=O) groups excluding carboxylic acids is 1. The van der Waals surface area contributed by atoms with Gasteiger partial charge in [-0.25, -0.2) is 9.18 Å². The van der Waals surface area contributed by atoms with E-state index in [0.29, 0.717) is 32.0 Å². The summed E-state index contributed by atoms with van der Waals surface area (Å²) < 4.78 is 61.9. The molecule has 27 heavy (non-hydrogen) atoms. The molecule has 1 aromatic rings. The van der Waals surface area contributed by atoms with Crippen molar-refractivity contribution < 1.29 is 31.8 Å². The van der Waals surface area contributed by atoms with Crippen molar-refractivity contribution in [3.05, 3.63) is 24.0 Å². The molecule has 2 aliphatic heterocycles. The second-order valence-electron chi connectivity index (χ2n) is 6.06. The average molecular weight is 407 g/mol. The van der Waals surface area contributed by atoms with Crippen LogP contribution in [0.3, 0.4) is 0 Å². The molecule has 2 heterocycles. The summed E-state index contributed by atoms with van der Waals surface area (Å²) in [5, 5.41) is 2.03. The van der Waals surface area contributed by atoms with Crippen molar-refractivity contribution >= 4 is 34.7 Å². The van der Waals surface area contributed by atoms with Gasteiger partial charge in [0.15, 0.2) is 4.99 Å². The topological polar surface area (TPSA) is 54.0 Å². The van der Waals surface area contributed by atoms with Crippen LogP contribution in [-0.4, -0.2) is 62.8 Å². The third kappa shape index (κ3) is 4.59. The lowest BCUT2D eigenvalue weighted by molar-refractivity contribution is -0.0594. The molecule has 0 saturated carbocycles. The Kier molecular flexibility index (Phi) is 5.70. The van der Waals surface area contributed by atoms with Gasteiger partial charge in [-0.2, -0.15) is 13.2 Å². The Morgan fingerprint density at radius 1 is 1.30 bits per heavy atom. The number of ether oxygens (including phenoxy) is 2. The predicted molar refractivity (Wildman–Crippen MR) is 93.7 cm³/mol. The van der Waals surface area contributed by atoms with Gasteiger partial charge in [-0.1, -0.05) is 12.2 Å². The Balaban J connectivity index is 1.63. The number of halogens is 4. The van der Waals surface area contributed by atoms with E-state index in [2.05, 4.69) is 12.2 Å². The lowest BCUT2D eigenvalue weighted by Crippen LogP contribution is -2.40. The van der Waals surface area contributed by atoms with Crippen molar-refractivity contribution in [1.82, 2.24) is 5.32 Å². The molecule has 1 atom stereocenters. The first-order valence-corrected chi connectivity index (χ1v) is 8.62. The number of thiocarbonyl (C=S) groups is 1. The maximum Gasteiger partial charge on any atom is 0.441 e. The molecule has 0 radical (unpaired) electrons. The van der Waals surface area contributed by atoms with Crippen LogP contribution in [0, 0.1) is 5.82 Å². The fourth-order valence-corrected chi connectivity index (χ4v) is 2.95. The predicted octanol–water partition coefficient (Wildman–Crippen LogP) is 2.47. The fourth-order valence-electron chi connectivity index (χ4n) is 2.87. The molecular formula is C16H17F4N3O3S. The number of benzene rings is 1. The van der Waals surface area contributed by atoms with E-state index in [1.54, 1.807) is 12.1 Å². The summed E-state index contributed by atoms with van der Waals surface area (Å²) in [4.78, 5) is 13.7. The molecule has 0 bridgehead atoms. The minimum Gasteiger partial charge on any atom is -0.442 e. The number of anilines is 2. The third-order valence-corrected chi connectivity index (χ3v) is 4.59. The molecule has 148 valence electrons. The van der Waals surface area contributed by atoms with E-state index in [9.17, 15) is 22.4 Å². The van der Waals surface area contributed by atoms with Crippen molar-refractivity contribution in [1.29, 1.82) is 0 Å².